The van der Waals surface area contributed by atoms with Crippen LogP contribution in [0.15, 0.2) is 53.5 Å². The van der Waals surface area contributed by atoms with Crippen LogP contribution in [0.25, 0.3) is 11.3 Å². The van der Waals surface area contributed by atoms with E-state index in [1.54, 1.807) is 26.8 Å². The van der Waals surface area contributed by atoms with Gasteiger partial charge in [-0.15, -0.1) is 0 Å². The summed E-state index contributed by atoms with van der Waals surface area (Å²) in [7, 11) is 0. The van der Waals surface area contributed by atoms with Gasteiger partial charge in [0.15, 0.2) is 5.69 Å². The van der Waals surface area contributed by atoms with Crippen LogP contribution in [-0.2, 0) is 35.7 Å². The van der Waals surface area contributed by atoms with Crippen molar-refractivity contribution in [2.24, 2.45) is 12.4 Å². The molecule has 1 saturated heterocycles. The molecule has 3 atom stereocenters. The van der Waals surface area contributed by atoms with Crippen LogP contribution in [0, 0.1) is 12.3 Å². The second-order valence-electron chi connectivity index (χ2n) is 12.8. The predicted octanol–water partition coefficient (Wildman–Crippen LogP) is 5.73. The molecule has 10 nitrogen and oxygen atoms in total. The fourth-order valence-corrected chi connectivity index (χ4v) is 7.22. The van der Waals surface area contributed by atoms with Crippen LogP contribution in [0.3, 0.4) is 0 Å². The Labute approximate surface area is 287 Å². The summed E-state index contributed by atoms with van der Waals surface area (Å²) in [6, 6.07) is 5.35. The summed E-state index contributed by atoms with van der Waals surface area (Å²) in [5, 5.41) is 11.2. The number of carbonyl (C=O) groups excluding carboxylic acids is 2. The van der Waals surface area contributed by atoms with Crippen molar-refractivity contribution in [3.63, 3.8) is 0 Å². The van der Waals surface area contributed by atoms with Gasteiger partial charge in [0.1, 0.15) is 11.9 Å². The van der Waals surface area contributed by atoms with Gasteiger partial charge in [0, 0.05) is 63.6 Å². The summed E-state index contributed by atoms with van der Waals surface area (Å²) in [6.45, 7) is 2.47. The van der Waals surface area contributed by atoms with E-state index in [9.17, 15) is 22.8 Å². The Morgan fingerprint density at radius 1 is 1.23 bits per heavy atom. The molecule has 3 aromatic heterocycles. The van der Waals surface area contributed by atoms with Crippen LogP contribution in [-0.4, -0.2) is 64.4 Å². The number of aryl methyl sites for hydroxylation is 2. The third kappa shape index (κ3) is 6.67. The Hall–Kier alpha value is -3.78. The van der Waals surface area contributed by atoms with E-state index in [0.717, 1.165) is 25.5 Å². The fraction of sp³-hybridized carbons (Fsp3) is 0.438. The maximum atomic E-state index is 14.2. The van der Waals surface area contributed by atoms with Crippen molar-refractivity contribution >= 4 is 39.3 Å². The fourth-order valence-electron chi connectivity index (χ4n) is 6.42. The van der Waals surface area contributed by atoms with Crippen molar-refractivity contribution in [1.29, 1.82) is 0 Å². The molecule has 1 N–H and O–H groups in total. The van der Waals surface area contributed by atoms with Crippen LogP contribution in [0.1, 0.15) is 59.4 Å². The van der Waals surface area contributed by atoms with Gasteiger partial charge in [-0.3, -0.25) is 19.0 Å². The highest BCUT2D eigenvalue weighted by atomic mass is 79.9. The number of benzene rings is 1. The van der Waals surface area contributed by atoms with E-state index in [-0.39, 0.29) is 37.0 Å². The standard InChI is InChI=1S/C32H33BrClF3N8O2/c1-18-38-14-20(15-39-18)25-11-27(32(35,36)37)42-45(25)17-30(2,3)41-28(46)26(9-19-13-40-43(4)16-19)44-8-7-31(29(44)47)12-23(31)22-6-5-21(33)10-24(22)34/h5-6,10-11,13-16,23,26H,7-9,12,17H2,1-4H3,(H,41,46)/t23-,26-,31+/m1/s1/i4D3. The average Bonchev–Trinajstić information content (AvgIpc) is 3.28. The Morgan fingerprint density at radius 3 is 2.64 bits per heavy atom. The van der Waals surface area contributed by atoms with Gasteiger partial charge in [-0.05, 0) is 62.9 Å². The molecule has 0 unspecified atom stereocenters. The molecule has 4 heterocycles. The molecule has 2 fully saturated rings. The molecule has 0 radical (unpaired) electrons. The maximum absolute atomic E-state index is 14.2. The molecule has 6 rings (SSSR count). The van der Waals surface area contributed by atoms with Crippen LogP contribution < -0.4 is 5.32 Å². The number of alkyl halides is 3. The van der Waals surface area contributed by atoms with Crippen molar-refractivity contribution in [3.05, 3.63) is 81.2 Å². The molecule has 1 spiro atoms. The molecule has 2 aliphatic rings. The number of nitrogens with one attached hydrogen (secondary N) is 1. The molecule has 4 aromatic rings. The van der Waals surface area contributed by atoms with Crippen molar-refractivity contribution in [2.45, 2.75) is 70.3 Å². The number of carbonyl (C=O) groups is 2. The summed E-state index contributed by atoms with van der Waals surface area (Å²) >= 11 is 9.95. The number of hydrogen-bond acceptors (Lipinski definition) is 6. The second kappa shape index (κ2) is 12.0. The zero-order valence-corrected chi connectivity index (χ0v) is 28.0. The van der Waals surface area contributed by atoms with Gasteiger partial charge in [0.05, 0.1) is 29.4 Å². The van der Waals surface area contributed by atoms with E-state index >= 15 is 0 Å². The van der Waals surface area contributed by atoms with Gasteiger partial charge in [-0.1, -0.05) is 33.6 Å². The Bertz CT molecular complexity index is 1950. The molecule has 2 amide bonds. The molecule has 1 aliphatic carbocycles. The zero-order chi connectivity index (χ0) is 36.4. The van der Waals surface area contributed by atoms with Gasteiger partial charge in [-0.2, -0.15) is 23.4 Å². The molecular weight excluding hydrogens is 701 g/mol. The Kier molecular flexibility index (Phi) is 7.52. The van der Waals surface area contributed by atoms with Crippen LogP contribution in [0.5, 0.6) is 0 Å². The highest BCUT2D eigenvalue weighted by Crippen LogP contribution is 2.66. The summed E-state index contributed by atoms with van der Waals surface area (Å²) in [5.41, 5.74) is -1.35. The number of rotatable bonds is 9. The van der Waals surface area contributed by atoms with Crippen molar-refractivity contribution in [2.75, 3.05) is 6.54 Å². The van der Waals surface area contributed by atoms with E-state index in [0.29, 0.717) is 34.8 Å². The van der Waals surface area contributed by atoms with E-state index in [2.05, 4.69) is 41.4 Å². The van der Waals surface area contributed by atoms with E-state index < -0.39 is 41.7 Å². The molecule has 248 valence electrons. The Morgan fingerprint density at radius 2 is 1.98 bits per heavy atom. The summed E-state index contributed by atoms with van der Waals surface area (Å²) in [4.78, 5) is 38.1. The molecule has 1 saturated carbocycles. The lowest BCUT2D eigenvalue weighted by Crippen LogP contribution is -2.56. The first kappa shape index (κ1) is 29.4. The van der Waals surface area contributed by atoms with Gasteiger partial charge < -0.3 is 10.2 Å². The largest absolute Gasteiger partial charge is 0.435 e. The normalized spacial score (nSPS) is 21.4. The SMILES string of the molecule is [2H]C([2H])([2H])n1cc(C[C@H](C(=O)NC(C)(C)Cn2nc(C(F)(F)F)cc2-c2cnc(C)nc2)N2CC[C@@]3(C[C@@H]3c3ccc(Br)cc3Cl)C2=O)cn1. The monoisotopic (exact) mass is 735 g/mol. The quantitative estimate of drug-likeness (QED) is 0.235. The number of hydrogen-bond donors (Lipinski definition) is 1. The number of halogens is 5. The molecule has 47 heavy (non-hydrogen) atoms. The summed E-state index contributed by atoms with van der Waals surface area (Å²) < 4.78 is 67.2. The summed E-state index contributed by atoms with van der Waals surface area (Å²) in [5.74, 6) is -0.476. The number of aromatic nitrogens is 6. The minimum Gasteiger partial charge on any atom is -0.348 e. The molecule has 1 aliphatic heterocycles. The predicted molar refractivity (Wildman–Crippen MR) is 171 cm³/mol. The molecule has 15 heteroatoms. The van der Waals surface area contributed by atoms with Crippen LogP contribution in [0.4, 0.5) is 13.2 Å². The van der Waals surface area contributed by atoms with E-state index in [1.807, 2.05) is 12.1 Å². The third-order valence-electron chi connectivity index (χ3n) is 8.80. The first-order valence-electron chi connectivity index (χ1n) is 16.3. The topological polar surface area (TPSA) is 111 Å². The molecule has 1 aromatic carbocycles. The maximum Gasteiger partial charge on any atom is 0.435 e. The highest BCUT2D eigenvalue weighted by molar-refractivity contribution is 9.10. The lowest BCUT2D eigenvalue weighted by molar-refractivity contribution is -0.141. The van der Waals surface area contributed by atoms with Crippen molar-refractivity contribution in [3.8, 4) is 11.3 Å². The van der Waals surface area contributed by atoms with Crippen molar-refractivity contribution < 1.29 is 26.9 Å². The summed E-state index contributed by atoms with van der Waals surface area (Å²) in [6.07, 6.45) is 1.73. The zero-order valence-electron chi connectivity index (χ0n) is 28.6. The average molecular weight is 737 g/mol. The lowest BCUT2D eigenvalue weighted by Gasteiger charge is -2.33. The highest BCUT2D eigenvalue weighted by Gasteiger charge is 2.65. The molecular formula is C32H33BrClF3N8O2. The minimum atomic E-state index is -4.73. The van der Waals surface area contributed by atoms with Gasteiger partial charge in [0.25, 0.3) is 0 Å². The number of amides is 2. The number of nitrogens with zero attached hydrogens (tertiary/aromatic N) is 7. The smallest absolute Gasteiger partial charge is 0.348 e. The van der Waals surface area contributed by atoms with Gasteiger partial charge >= 0.3 is 6.18 Å². The van der Waals surface area contributed by atoms with E-state index in [1.165, 1.54) is 29.7 Å². The first-order valence-corrected chi connectivity index (χ1v) is 16.0. The minimum absolute atomic E-state index is 0.0462. The van der Waals surface area contributed by atoms with Crippen LogP contribution >= 0.6 is 27.5 Å². The third-order valence-corrected chi connectivity index (χ3v) is 9.62. The Balaban J connectivity index is 1.28. The lowest BCUT2D eigenvalue weighted by atomic mass is 9.97. The number of likely N-dealkylation sites (tertiary alicyclic amines) is 1. The van der Waals surface area contributed by atoms with E-state index in [4.69, 9.17) is 15.7 Å². The van der Waals surface area contributed by atoms with Gasteiger partial charge in [0.2, 0.25) is 11.8 Å². The molecule has 0 bridgehead atoms. The van der Waals surface area contributed by atoms with Crippen LogP contribution in [0.2, 0.25) is 5.02 Å². The van der Waals surface area contributed by atoms with Crippen molar-refractivity contribution in [1.82, 2.24) is 39.7 Å². The second-order valence-corrected chi connectivity index (χ2v) is 14.1. The first-order chi connectivity index (χ1) is 23.3. The van der Waals surface area contributed by atoms with Gasteiger partial charge in [-0.25, -0.2) is 9.97 Å².